The number of nitrogens with one attached hydrogen (secondary N) is 2. The van der Waals surface area contributed by atoms with Crippen molar-refractivity contribution < 1.29 is 39.6 Å². The summed E-state index contributed by atoms with van der Waals surface area (Å²) in [5.41, 5.74) is 0.429. The van der Waals surface area contributed by atoms with Gasteiger partial charge in [0.2, 0.25) is 0 Å². The van der Waals surface area contributed by atoms with E-state index in [1.54, 1.807) is 0 Å². The molecule has 216 valence electrons. The summed E-state index contributed by atoms with van der Waals surface area (Å²) in [5, 5.41) is 43.1. The van der Waals surface area contributed by atoms with Crippen LogP contribution in [0.2, 0.25) is 20.1 Å². The zero-order valence-corrected chi connectivity index (χ0v) is 23.9. The molecular weight excluding hydrogens is 634 g/mol. The largest absolute Gasteiger partial charge is 0.506 e. The van der Waals surface area contributed by atoms with E-state index in [-0.39, 0.29) is 45.1 Å². The molecule has 0 aliphatic carbocycles. The Morgan fingerprint density at radius 2 is 0.786 bits per heavy atom. The number of carboxylic acid groups (broad SMARTS) is 2. The predicted octanol–water partition coefficient (Wildman–Crippen LogP) is 7.30. The van der Waals surface area contributed by atoms with Crippen LogP contribution in [0.15, 0.2) is 72.8 Å². The van der Waals surface area contributed by atoms with Crippen LogP contribution >= 0.6 is 46.4 Å². The highest BCUT2D eigenvalue weighted by molar-refractivity contribution is 6.36. The molecule has 10 nitrogen and oxygen atoms in total. The third-order valence-corrected chi connectivity index (χ3v) is 6.11. The van der Waals surface area contributed by atoms with E-state index in [2.05, 4.69) is 10.6 Å². The molecule has 0 heterocycles. The van der Waals surface area contributed by atoms with Gasteiger partial charge in [-0.05, 0) is 72.8 Å². The number of aromatic carboxylic acids is 2. The van der Waals surface area contributed by atoms with Crippen molar-refractivity contribution in [1.29, 1.82) is 0 Å². The molecule has 42 heavy (non-hydrogen) atoms. The van der Waals surface area contributed by atoms with Gasteiger partial charge in [0.1, 0.15) is 11.5 Å². The van der Waals surface area contributed by atoms with Gasteiger partial charge in [-0.1, -0.05) is 46.4 Å². The summed E-state index contributed by atoms with van der Waals surface area (Å²) in [6, 6.07) is 15.9. The second-order valence-electron chi connectivity index (χ2n) is 8.30. The van der Waals surface area contributed by atoms with E-state index in [4.69, 9.17) is 56.6 Å². The van der Waals surface area contributed by atoms with Gasteiger partial charge in [0.15, 0.2) is 0 Å². The number of phenolic OH excluding ortho intramolecular Hbond substituents is 2. The minimum atomic E-state index is -1.18. The van der Waals surface area contributed by atoms with E-state index in [9.17, 15) is 29.4 Å². The van der Waals surface area contributed by atoms with E-state index in [0.717, 1.165) is 12.1 Å². The van der Waals surface area contributed by atoms with Gasteiger partial charge in [-0.25, -0.2) is 9.59 Å². The zero-order valence-electron chi connectivity index (χ0n) is 20.9. The van der Waals surface area contributed by atoms with Crippen LogP contribution in [0.3, 0.4) is 0 Å². The Balaban J connectivity index is 0.000000230. The lowest BCUT2D eigenvalue weighted by Gasteiger charge is -2.08. The fourth-order valence-electron chi connectivity index (χ4n) is 3.30. The minimum absolute atomic E-state index is 0.0843. The van der Waals surface area contributed by atoms with Crippen LogP contribution in [0.5, 0.6) is 11.5 Å². The van der Waals surface area contributed by atoms with Crippen molar-refractivity contribution in [2.24, 2.45) is 0 Å². The van der Waals surface area contributed by atoms with E-state index in [1.807, 2.05) is 0 Å². The average Bonchev–Trinajstić information content (AvgIpc) is 2.90. The van der Waals surface area contributed by atoms with E-state index < -0.39 is 23.8 Å². The molecule has 4 rings (SSSR count). The molecular formula is C28H18Cl4N2O8. The molecule has 2 amide bonds. The summed E-state index contributed by atoms with van der Waals surface area (Å²) in [6.07, 6.45) is 0. The summed E-state index contributed by atoms with van der Waals surface area (Å²) >= 11 is 23.2. The van der Waals surface area contributed by atoms with E-state index in [0.29, 0.717) is 20.1 Å². The molecule has 6 N–H and O–H groups in total. The van der Waals surface area contributed by atoms with Crippen LogP contribution in [-0.2, 0) is 0 Å². The highest BCUT2D eigenvalue weighted by atomic mass is 35.5. The molecule has 0 saturated carbocycles. The smallest absolute Gasteiger partial charge is 0.335 e. The number of hydrogen-bond donors (Lipinski definition) is 6. The molecule has 4 aromatic rings. The minimum Gasteiger partial charge on any atom is -0.506 e. The molecule has 0 atom stereocenters. The molecule has 0 saturated heterocycles. The van der Waals surface area contributed by atoms with Crippen LogP contribution in [0.1, 0.15) is 41.4 Å². The highest BCUT2D eigenvalue weighted by Crippen LogP contribution is 2.27. The van der Waals surface area contributed by atoms with Gasteiger partial charge in [-0.15, -0.1) is 0 Å². The van der Waals surface area contributed by atoms with Gasteiger partial charge in [0.05, 0.1) is 22.5 Å². The van der Waals surface area contributed by atoms with Gasteiger partial charge in [-0.3, -0.25) is 9.59 Å². The van der Waals surface area contributed by atoms with Crippen molar-refractivity contribution in [2.45, 2.75) is 0 Å². The van der Waals surface area contributed by atoms with Crippen molar-refractivity contribution in [3.8, 4) is 11.5 Å². The number of amides is 2. The number of anilines is 2. The van der Waals surface area contributed by atoms with Crippen molar-refractivity contribution in [3.63, 3.8) is 0 Å². The number of halogens is 4. The summed E-state index contributed by atoms with van der Waals surface area (Å²) in [4.78, 5) is 45.6. The maximum Gasteiger partial charge on any atom is 0.335 e. The zero-order chi connectivity index (χ0) is 31.1. The summed E-state index contributed by atoms with van der Waals surface area (Å²) in [5.74, 6) is -4.11. The van der Waals surface area contributed by atoms with Crippen molar-refractivity contribution in [1.82, 2.24) is 0 Å². The molecule has 0 bridgehead atoms. The Morgan fingerprint density at radius 1 is 0.476 bits per heavy atom. The second-order valence-corrected chi connectivity index (χ2v) is 10.0. The number of rotatable bonds is 6. The fourth-order valence-corrected chi connectivity index (χ4v) is 4.35. The lowest BCUT2D eigenvalue weighted by molar-refractivity contribution is 0.0686. The van der Waals surface area contributed by atoms with Gasteiger partial charge < -0.3 is 31.1 Å². The number of aromatic hydroxyl groups is 2. The Morgan fingerprint density at radius 3 is 1.05 bits per heavy atom. The average molecular weight is 652 g/mol. The first-order chi connectivity index (χ1) is 19.7. The van der Waals surface area contributed by atoms with E-state index in [1.165, 1.54) is 60.7 Å². The molecule has 0 radical (unpaired) electrons. The molecule has 4 aromatic carbocycles. The Kier molecular flexibility index (Phi) is 10.6. The number of carboxylic acids is 2. The number of benzene rings is 4. The van der Waals surface area contributed by atoms with E-state index >= 15 is 0 Å². The lowest BCUT2D eigenvalue weighted by Crippen LogP contribution is -2.12. The first-order valence-corrected chi connectivity index (χ1v) is 12.9. The number of carbonyl (C=O) groups is 4. The number of phenols is 2. The molecule has 0 aliphatic rings. The summed E-state index contributed by atoms with van der Waals surface area (Å²) in [7, 11) is 0. The molecule has 0 aliphatic heterocycles. The van der Waals surface area contributed by atoms with Crippen LogP contribution in [-0.4, -0.2) is 44.2 Å². The molecule has 0 spiro atoms. The first-order valence-electron chi connectivity index (χ1n) is 11.4. The summed E-state index contributed by atoms with van der Waals surface area (Å²) in [6.45, 7) is 0. The highest BCUT2D eigenvalue weighted by Gasteiger charge is 2.14. The quantitative estimate of drug-likeness (QED) is 0.118. The monoisotopic (exact) mass is 650 g/mol. The number of carbonyl (C=O) groups excluding carboxylic acids is 2. The molecule has 0 fully saturated rings. The fraction of sp³-hybridized carbons (Fsp3) is 0. The lowest BCUT2D eigenvalue weighted by atomic mass is 10.1. The van der Waals surface area contributed by atoms with Crippen LogP contribution in [0, 0.1) is 0 Å². The van der Waals surface area contributed by atoms with Crippen LogP contribution in [0.25, 0.3) is 0 Å². The number of hydrogen-bond acceptors (Lipinski definition) is 6. The first kappa shape index (κ1) is 32.0. The standard InChI is InChI=1S/2C14H9Cl2NO4/c2*15-9-3-8(4-10(16)6-9)13(19)17-11-2-1-7(14(20)21)5-12(11)18/h2*1-6,18H,(H,17,19)(H,20,21). The third kappa shape index (κ3) is 8.76. The third-order valence-electron chi connectivity index (χ3n) is 5.24. The van der Waals surface area contributed by atoms with Crippen molar-refractivity contribution >= 4 is 81.5 Å². The molecule has 14 heteroatoms. The van der Waals surface area contributed by atoms with Gasteiger partial charge in [0, 0.05) is 31.2 Å². The topological polar surface area (TPSA) is 173 Å². The maximum absolute atomic E-state index is 12.0. The summed E-state index contributed by atoms with van der Waals surface area (Å²) < 4.78 is 0. The molecule has 0 aromatic heterocycles. The van der Waals surface area contributed by atoms with Gasteiger partial charge >= 0.3 is 11.9 Å². The maximum atomic E-state index is 12.0. The Hall–Kier alpha value is -4.48. The second kappa shape index (κ2) is 13.9. The molecule has 0 unspecified atom stereocenters. The SMILES string of the molecule is O=C(O)c1ccc(NC(=O)c2cc(Cl)cc(Cl)c2)c(O)c1.O=C(O)c1ccc(NC(=O)c2cc(Cl)cc(Cl)c2)c(O)c1. The van der Waals surface area contributed by atoms with Crippen molar-refractivity contribution in [2.75, 3.05) is 10.6 Å². The predicted molar refractivity (Wildman–Crippen MR) is 159 cm³/mol. The van der Waals surface area contributed by atoms with Gasteiger partial charge in [-0.2, -0.15) is 0 Å². The van der Waals surface area contributed by atoms with Crippen molar-refractivity contribution in [3.05, 3.63) is 115 Å². The Labute approximate surface area is 257 Å². The normalized spacial score (nSPS) is 10.2. The van der Waals surface area contributed by atoms with Crippen LogP contribution < -0.4 is 10.6 Å². The van der Waals surface area contributed by atoms with Crippen LogP contribution in [0.4, 0.5) is 11.4 Å². The Bertz CT molecular complexity index is 1550. The van der Waals surface area contributed by atoms with Gasteiger partial charge in [0.25, 0.3) is 11.8 Å².